The van der Waals surface area contributed by atoms with Gasteiger partial charge < -0.3 is 14.8 Å². The van der Waals surface area contributed by atoms with Crippen molar-refractivity contribution in [3.63, 3.8) is 0 Å². The van der Waals surface area contributed by atoms with Crippen LogP contribution < -0.4 is 10.1 Å². The van der Waals surface area contributed by atoms with E-state index in [-0.39, 0.29) is 0 Å². The molecule has 0 bridgehead atoms. The van der Waals surface area contributed by atoms with Crippen molar-refractivity contribution in [2.24, 2.45) is 5.41 Å². The highest BCUT2D eigenvalue weighted by Gasteiger charge is 2.25. The Morgan fingerprint density at radius 3 is 2.35 bits per heavy atom. The monoisotopic (exact) mass is 279 g/mol. The summed E-state index contributed by atoms with van der Waals surface area (Å²) in [5, 5.41) is 3.50. The molecular weight excluding hydrogens is 250 g/mol. The molecule has 1 rings (SSSR count). The summed E-state index contributed by atoms with van der Waals surface area (Å²) < 4.78 is 10.9. The van der Waals surface area contributed by atoms with Gasteiger partial charge in [0.2, 0.25) is 0 Å². The van der Waals surface area contributed by atoms with Crippen LogP contribution in [0.1, 0.15) is 33.1 Å². The van der Waals surface area contributed by atoms with Crippen LogP contribution in [0.5, 0.6) is 5.75 Å². The summed E-state index contributed by atoms with van der Waals surface area (Å²) in [4.78, 5) is 0. The van der Waals surface area contributed by atoms with E-state index >= 15 is 0 Å². The zero-order valence-electron chi connectivity index (χ0n) is 13.2. The van der Waals surface area contributed by atoms with Crippen LogP contribution in [0, 0.1) is 5.41 Å². The Kier molecular flexibility index (Phi) is 8.31. The standard InChI is InChI=1S/C17H29NO2/c1-4-17(5-2,15-18-12-14-19-3)11-13-20-16-9-7-6-8-10-16/h6-10,18H,4-5,11-15H2,1-3H3. The lowest BCUT2D eigenvalue weighted by molar-refractivity contribution is 0.161. The molecule has 0 saturated heterocycles. The Labute approximate surface area is 123 Å². The molecular formula is C17H29NO2. The van der Waals surface area contributed by atoms with Crippen LogP contribution in [0.4, 0.5) is 0 Å². The lowest BCUT2D eigenvalue weighted by atomic mass is 9.79. The molecule has 0 spiro atoms. The second-order valence-electron chi connectivity index (χ2n) is 5.29. The summed E-state index contributed by atoms with van der Waals surface area (Å²) in [6.45, 7) is 8.02. The van der Waals surface area contributed by atoms with Crippen molar-refractivity contribution >= 4 is 0 Å². The van der Waals surface area contributed by atoms with Gasteiger partial charge in [-0.15, -0.1) is 0 Å². The van der Waals surface area contributed by atoms with Gasteiger partial charge in [0.05, 0.1) is 13.2 Å². The average Bonchev–Trinajstić information content (AvgIpc) is 2.51. The second kappa shape index (κ2) is 9.78. The molecule has 0 aliphatic heterocycles. The fourth-order valence-corrected chi connectivity index (χ4v) is 2.37. The Morgan fingerprint density at radius 1 is 1.05 bits per heavy atom. The summed E-state index contributed by atoms with van der Waals surface area (Å²) in [6, 6.07) is 10.0. The lowest BCUT2D eigenvalue weighted by Gasteiger charge is -2.32. The van der Waals surface area contributed by atoms with Gasteiger partial charge in [-0.05, 0) is 36.8 Å². The molecule has 0 aliphatic rings. The first kappa shape index (κ1) is 17.0. The van der Waals surface area contributed by atoms with Crippen LogP contribution >= 0.6 is 0 Å². The predicted octanol–water partition coefficient (Wildman–Crippen LogP) is 3.50. The molecule has 114 valence electrons. The Bertz CT molecular complexity index is 336. The third kappa shape index (κ3) is 5.93. The highest BCUT2D eigenvalue weighted by molar-refractivity contribution is 5.20. The Balaban J connectivity index is 2.37. The fourth-order valence-electron chi connectivity index (χ4n) is 2.37. The van der Waals surface area contributed by atoms with Crippen LogP contribution in [0.2, 0.25) is 0 Å². The molecule has 1 aromatic carbocycles. The summed E-state index contributed by atoms with van der Waals surface area (Å²) in [5.41, 5.74) is 0.322. The van der Waals surface area contributed by atoms with Crippen LogP contribution in [0.25, 0.3) is 0 Å². The lowest BCUT2D eigenvalue weighted by Crippen LogP contribution is -2.36. The molecule has 0 saturated carbocycles. The van der Waals surface area contributed by atoms with Gasteiger partial charge in [-0.25, -0.2) is 0 Å². The molecule has 0 amide bonds. The molecule has 3 heteroatoms. The van der Waals surface area contributed by atoms with Gasteiger partial charge in [0.15, 0.2) is 0 Å². The molecule has 0 aliphatic carbocycles. The van der Waals surface area contributed by atoms with E-state index in [0.29, 0.717) is 5.41 Å². The van der Waals surface area contributed by atoms with E-state index in [4.69, 9.17) is 9.47 Å². The number of benzene rings is 1. The number of hydrogen-bond donors (Lipinski definition) is 1. The molecule has 0 heterocycles. The van der Waals surface area contributed by atoms with Gasteiger partial charge in [0.1, 0.15) is 5.75 Å². The smallest absolute Gasteiger partial charge is 0.119 e. The van der Waals surface area contributed by atoms with Gasteiger partial charge in [0.25, 0.3) is 0 Å². The SMILES string of the molecule is CCC(CC)(CCOc1ccccc1)CNCCOC. The minimum atomic E-state index is 0.322. The summed E-state index contributed by atoms with van der Waals surface area (Å²) in [7, 11) is 1.74. The molecule has 1 N–H and O–H groups in total. The largest absolute Gasteiger partial charge is 0.494 e. The van der Waals surface area contributed by atoms with Crippen LogP contribution in [0.3, 0.4) is 0 Å². The van der Waals surface area contributed by atoms with Crippen LogP contribution in [-0.4, -0.2) is 33.4 Å². The van der Waals surface area contributed by atoms with Gasteiger partial charge in [0, 0.05) is 20.2 Å². The number of nitrogens with one attached hydrogen (secondary N) is 1. The van der Waals surface area contributed by atoms with E-state index < -0.39 is 0 Å². The van der Waals surface area contributed by atoms with Crippen molar-refractivity contribution in [1.82, 2.24) is 5.32 Å². The first-order valence-corrected chi connectivity index (χ1v) is 7.64. The number of ether oxygens (including phenoxy) is 2. The highest BCUT2D eigenvalue weighted by atomic mass is 16.5. The molecule has 20 heavy (non-hydrogen) atoms. The normalized spacial score (nSPS) is 11.6. The maximum atomic E-state index is 5.84. The molecule has 0 unspecified atom stereocenters. The van der Waals surface area contributed by atoms with Gasteiger partial charge in [-0.3, -0.25) is 0 Å². The maximum Gasteiger partial charge on any atom is 0.119 e. The average molecular weight is 279 g/mol. The van der Waals surface area contributed by atoms with Crippen molar-refractivity contribution < 1.29 is 9.47 Å². The fraction of sp³-hybridized carbons (Fsp3) is 0.647. The minimum Gasteiger partial charge on any atom is -0.494 e. The molecule has 0 radical (unpaired) electrons. The van der Waals surface area contributed by atoms with Crippen molar-refractivity contribution in [3.8, 4) is 5.75 Å². The van der Waals surface area contributed by atoms with E-state index in [0.717, 1.165) is 38.5 Å². The van der Waals surface area contributed by atoms with Crippen molar-refractivity contribution in [1.29, 1.82) is 0 Å². The number of para-hydroxylation sites is 1. The summed E-state index contributed by atoms with van der Waals surface area (Å²) in [6.07, 6.45) is 3.41. The van der Waals surface area contributed by atoms with Gasteiger partial charge in [-0.1, -0.05) is 32.0 Å². The van der Waals surface area contributed by atoms with E-state index in [2.05, 4.69) is 19.2 Å². The molecule has 1 aromatic rings. The quantitative estimate of drug-likeness (QED) is 0.629. The van der Waals surface area contributed by atoms with Crippen molar-refractivity contribution in [2.75, 3.05) is 33.4 Å². The van der Waals surface area contributed by atoms with Crippen molar-refractivity contribution in [2.45, 2.75) is 33.1 Å². The second-order valence-corrected chi connectivity index (χ2v) is 5.29. The van der Waals surface area contributed by atoms with Crippen LogP contribution in [-0.2, 0) is 4.74 Å². The van der Waals surface area contributed by atoms with Crippen LogP contribution in [0.15, 0.2) is 30.3 Å². The first-order valence-electron chi connectivity index (χ1n) is 7.64. The minimum absolute atomic E-state index is 0.322. The van der Waals surface area contributed by atoms with Crippen molar-refractivity contribution in [3.05, 3.63) is 30.3 Å². The van der Waals surface area contributed by atoms with E-state index in [1.54, 1.807) is 7.11 Å². The number of rotatable bonds is 11. The van der Waals surface area contributed by atoms with Gasteiger partial charge >= 0.3 is 0 Å². The Hall–Kier alpha value is -1.06. The molecule has 3 nitrogen and oxygen atoms in total. The zero-order valence-corrected chi connectivity index (χ0v) is 13.2. The third-order valence-corrected chi connectivity index (χ3v) is 4.13. The predicted molar refractivity (Wildman–Crippen MR) is 84.3 cm³/mol. The molecule has 0 aromatic heterocycles. The zero-order chi connectivity index (χ0) is 14.7. The topological polar surface area (TPSA) is 30.5 Å². The van der Waals surface area contributed by atoms with E-state index in [9.17, 15) is 0 Å². The highest BCUT2D eigenvalue weighted by Crippen LogP contribution is 2.30. The molecule has 0 fully saturated rings. The first-order chi connectivity index (χ1) is 9.76. The van der Waals surface area contributed by atoms with Gasteiger partial charge in [-0.2, -0.15) is 0 Å². The van der Waals surface area contributed by atoms with E-state index in [1.807, 2.05) is 30.3 Å². The number of methoxy groups -OCH3 is 1. The maximum absolute atomic E-state index is 5.84. The summed E-state index contributed by atoms with van der Waals surface area (Å²) in [5.74, 6) is 0.959. The molecule has 0 atom stereocenters. The van der Waals surface area contributed by atoms with E-state index in [1.165, 1.54) is 12.8 Å². The number of hydrogen-bond acceptors (Lipinski definition) is 3. The summed E-state index contributed by atoms with van der Waals surface area (Å²) >= 11 is 0. The Morgan fingerprint density at radius 2 is 1.75 bits per heavy atom. The third-order valence-electron chi connectivity index (χ3n) is 4.13.